The summed E-state index contributed by atoms with van der Waals surface area (Å²) in [5, 5.41) is 0.106. The Morgan fingerprint density at radius 2 is 1.72 bits per heavy atom. The Hall–Kier alpha value is -1.63. The Labute approximate surface area is 153 Å². The first-order valence-electron chi connectivity index (χ1n) is 8.10. The van der Waals surface area contributed by atoms with Crippen LogP contribution in [0.3, 0.4) is 0 Å². The van der Waals surface area contributed by atoms with Crippen molar-refractivity contribution in [2.75, 3.05) is 18.0 Å². The summed E-state index contributed by atoms with van der Waals surface area (Å²) in [6.07, 6.45) is 0. The minimum Gasteiger partial charge on any atom is -0.372 e. The fraction of sp³-hybridized carbons (Fsp3) is 0.333. The molecule has 136 valence electrons. The monoisotopic (exact) mass is 384 g/mol. The van der Waals surface area contributed by atoms with Gasteiger partial charge in [0.1, 0.15) is 5.82 Å². The molecular weight excluding hydrogens is 363 g/mol. The number of nitrogens with one attached hydrogen (secondary N) is 1. The van der Waals surface area contributed by atoms with Crippen LogP contribution in [0.4, 0.5) is 10.1 Å². The van der Waals surface area contributed by atoms with Gasteiger partial charge in [-0.1, -0.05) is 29.8 Å². The van der Waals surface area contributed by atoms with Crippen molar-refractivity contribution in [3.8, 4) is 0 Å². The zero-order valence-electron chi connectivity index (χ0n) is 14.3. The van der Waals surface area contributed by atoms with Crippen molar-refractivity contribution in [2.24, 2.45) is 0 Å². The first-order chi connectivity index (χ1) is 11.9. The molecule has 7 heteroatoms. The Kier molecular flexibility index (Phi) is 6.81. The van der Waals surface area contributed by atoms with Gasteiger partial charge in [0.25, 0.3) is 0 Å². The van der Waals surface area contributed by atoms with Gasteiger partial charge in [-0.2, -0.15) is 0 Å². The number of anilines is 1. The van der Waals surface area contributed by atoms with Crippen LogP contribution in [0.25, 0.3) is 0 Å². The van der Waals surface area contributed by atoms with E-state index in [-0.39, 0.29) is 17.1 Å². The molecule has 0 aliphatic carbocycles. The summed E-state index contributed by atoms with van der Waals surface area (Å²) < 4.78 is 40.6. The summed E-state index contributed by atoms with van der Waals surface area (Å²) in [4.78, 5) is 2.20. The van der Waals surface area contributed by atoms with Gasteiger partial charge in [-0.25, -0.2) is 17.5 Å². The second-order valence-corrected chi connectivity index (χ2v) is 7.83. The van der Waals surface area contributed by atoms with E-state index in [1.54, 1.807) is 0 Å². The van der Waals surface area contributed by atoms with Crippen LogP contribution in [0.1, 0.15) is 25.0 Å². The number of halogens is 2. The van der Waals surface area contributed by atoms with E-state index in [4.69, 9.17) is 11.6 Å². The molecule has 0 aliphatic heterocycles. The van der Waals surface area contributed by atoms with E-state index in [0.29, 0.717) is 0 Å². The third-order valence-electron chi connectivity index (χ3n) is 3.96. The maximum atomic E-state index is 13.7. The van der Waals surface area contributed by atoms with Gasteiger partial charge in [0.05, 0.1) is 5.75 Å². The minimum absolute atomic E-state index is 0.0199. The predicted molar refractivity (Wildman–Crippen MR) is 101 cm³/mol. The molecule has 0 unspecified atom stereocenters. The maximum absolute atomic E-state index is 13.7. The molecule has 0 atom stereocenters. The zero-order chi connectivity index (χ0) is 18.4. The van der Waals surface area contributed by atoms with E-state index in [9.17, 15) is 12.8 Å². The second kappa shape index (κ2) is 8.65. The predicted octanol–water partition coefficient (Wildman–Crippen LogP) is 3.94. The van der Waals surface area contributed by atoms with Gasteiger partial charge in [-0.15, -0.1) is 0 Å². The van der Waals surface area contributed by atoms with Crippen molar-refractivity contribution in [1.82, 2.24) is 4.72 Å². The maximum Gasteiger partial charge on any atom is 0.216 e. The zero-order valence-corrected chi connectivity index (χ0v) is 15.9. The summed E-state index contributed by atoms with van der Waals surface area (Å²) >= 11 is 5.89. The van der Waals surface area contributed by atoms with Crippen LogP contribution in [0, 0.1) is 5.82 Å². The Morgan fingerprint density at radius 3 is 2.28 bits per heavy atom. The number of nitrogens with zero attached hydrogens (tertiary/aromatic N) is 1. The molecule has 0 aliphatic rings. The summed E-state index contributed by atoms with van der Waals surface area (Å²) in [5.74, 6) is -1.11. The lowest BCUT2D eigenvalue weighted by Crippen LogP contribution is -2.25. The molecule has 0 saturated carbocycles. The van der Waals surface area contributed by atoms with Gasteiger partial charge in [0.2, 0.25) is 10.0 Å². The van der Waals surface area contributed by atoms with Crippen LogP contribution in [0.2, 0.25) is 5.02 Å². The largest absolute Gasteiger partial charge is 0.372 e. The lowest BCUT2D eigenvalue weighted by molar-refractivity contribution is 0.574. The smallest absolute Gasteiger partial charge is 0.216 e. The molecule has 0 bridgehead atoms. The molecule has 0 fully saturated rings. The van der Waals surface area contributed by atoms with E-state index in [2.05, 4.69) is 23.5 Å². The van der Waals surface area contributed by atoms with Gasteiger partial charge in [0.15, 0.2) is 0 Å². The highest BCUT2D eigenvalue weighted by atomic mass is 35.5. The van der Waals surface area contributed by atoms with Crippen LogP contribution >= 0.6 is 11.6 Å². The standard InChI is InChI=1S/C18H22ClFN2O2S/c1-3-22(4-2)15-10-8-14(9-11-15)12-21-25(23,24)13-16-17(19)6-5-7-18(16)20/h5-11,21H,3-4,12-13H2,1-2H3. The third kappa shape index (κ3) is 5.42. The molecule has 0 heterocycles. The number of hydrogen-bond donors (Lipinski definition) is 1. The number of sulfonamides is 1. The first-order valence-corrected chi connectivity index (χ1v) is 10.1. The van der Waals surface area contributed by atoms with Gasteiger partial charge < -0.3 is 4.90 Å². The molecule has 4 nitrogen and oxygen atoms in total. The fourth-order valence-electron chi connectivity index (χ4n) is 2.52. The molecule has 2 rings (SSSR count). The summed E-state index contributed by atoms with van der Waals surface area (Å²) in [6, 6.07) is 11.8. The van der Waals surface area contributed by atoms with Crippen molar-refractivity contribution < 1.29 is 12.8 Å². The van der Waals surface area contributed by atoms with Gasteiger partial charge in [-0.3, -0.25) is 0 Å². The molecule has 2 aromatic carbocycles. The molecule has 25 heavy (non-hydrogen) atoms. The Bertz CT molecular complexity index is 786. The third-order valence-corrected chi connectivity index (χ3v) is 5.56. The lowest BCUT2D eigenvalue weighted by atomic mass is 10.2. The Balaban J connectivity index is 2.02. The molecular formula is C18H22ClFN2O2S. The number of hydrogen-bond acceptors (Lipinski definition) is 3. The van der Waals surface area contributed by atoms with Crippen LogP contribution in [-0.2, 0) is 22.3 Å². The van der Waals surface area contributed by atoms with E-state index in [1.807, 2.05) is 24.3 Å². The van der Waals surface area contributed by atoms with Gasteiger partial charge >= 0.3 is 0 Å². The average Bonchev–Trinajstić information content (AvgIpc) is 2.59. The molecule has 1 N–H and O–H groups in total. The van der Waals surface area contributed by atoms with E-state index >= 15 is 0 Å². The topological polar surface area (TPSA) is 49.4 Å². The number of rotatable bonds is 8. The van der Waals surface area contributed by atoms with Crippen molar-refractivity contribution >= 4 is 27.3 Å². The molecule has 0 saturated heterocycles. The number of benzene rings is 2. The summed E-state index contributed by atoms with van der Waals surface area (Å²) in [6.45, 7) is 6.13. The van der Waals surface area contributed by atoms with Crippen LogP contribution < -0.4 is 9.62 Å². The highest BCUT2D eigenvalue weighted by molar-refractivity contribution is 7.88. The van der Waals surface area contributed by atoms with Crippen LogP contribution in [-0.4, -0.2) is 21.5 Å². The molecule has 0 radical (unpaired) electrons. The first kappa shape index (κ1) is 19.7. The quantitative estimate of drug-likeness (QED) is 0.749. The molecule has 0 amide bonds. The SMILES string of the molecule is CCN(CC)c1ccc(CNS(=O)(=O)Cc2c(F)cccc2Cl)cc1. The molecule has 0 aromatic heterocycles. The average molecular weight is 385 g/mol. The lowest BCUT2D eigenvalue weighted by Gasteiger charge is -2.21. The van der Waals surface area contributed by atoms with Crippen LogP contribution in [0.5, 0.6) is 0 Å². The Morgan fingerprint density at radius 1 is 1.08 bits per heavy atom. The van der Waals surface area contributed by atoms with Crippen molar-refractivity contribution in [3.63, 3.8) is 0 Å². The van der Waals surface area contributed by atoms with Crippen molar-refractivity contribution in [1.29, 1.82) is 0 Å². The summed E-state index contributed by atoms with van der Waals surface area (Å²) in [7, 11) is -3.70. The second-order valence-electron chi connectivity index (χ2n) is 5.62. The van der Waals surface area contributed by atoms with E-state index in [0.717, 1.165) is 24.3 Å². The normalized spacial score (nSPS) is 11.5. The van der Waals surface area contributed by atoms with Crippen molar-refractivity contribution in [2.45, 2.75) is 26.1 Å². The highest BCUT2D eigenvalue weighted by Gasteiger charge is 2.17. The fourth-order valence-corrected chi connectivity index (χ4v) is 3.99. The van der Waals surface area contributed by atoms with Crippen LogP contribution in [0.15, 0.2) is 42.5 Å². The van der Waals surface area contributed by atoms with Gasteiger partial charge in [0, 0.05) is 35.9 Å². The highest BCUT2D eigenvalue weighted by Crippen LogP contribution is 2.21. The molecule has 0 spiro atoms. The molecule has 2 aromatic rings. The minimum atomic E-state index is -3.70. The van der Waals surface area contributed by atoms with Gasteiger partial charge in [-0.05, 0) is 43.7 Å². The van der Waals surface area contributed by atoms with E-state index in [1.165, 1.54) is 18.2 Å². The van der Waals surface area contributed by atoms with Crippen molar-refractivity contribution in [3.05, 3.63) is 64.4 Å². The van der Waals surface area contributed by atoms with E-state index < -0.39 is 21.6 Å². The summed E-state index contributed by atoms with van der Waals surface area (Å²) in [5.41, 5.74) is 1.91.